The van der Waals surface area contributed by atoms with E-state index in [0.717, 1.165) is 11.3 Å². The first-order valence-corrected chi connectivity index (χ1v) is 4.39. The summed E-state index contributed by atoms with van der Waals surface area (Å²) in [5.74, 6) is 0.361. The van der Waals surface area contributed by atoms with Gasteiger partial charge in [0.15, 0.2) is 0 Å². The van der Waals surface area contributed by atoms with Crippen LogP contribution >= 0.6 is 0 Å². The molecular formula is C11H18N2. The molecular weight excluding hydrogens is 160 g/mol. The predicted molar refractivity (Wildman–Crippen MR) is 59.6 cm³/mol. The van der Waals surface area contributed by atoms with Gasteiger partial charge < -0.3 is 5.73 Å². The van der Waals surface area contributed by atoms with Crippen molar-refractivity contribution in [2.24, 2.45) is 16.6 Å². The predicted octanol–water partition coefficient (Wildman–Crippen LogP) is 2.65. The molecule has 0 fully saturated rings. The summed E-state index contributed by atoms with van der Waals surface area (Å²) in [5, 5.41) is 0. The zero-order valence-corrected chi connectivity index (χ0v) is 8.62. The summed E-state index contributed by atoms with van der Waals surface area (Å²) in [5.41, 5.74) is 7.12. The maximum Gasteiger partial charge on any atom is 0.0495 e. The fourth-order valence-corrected chi connectivity index (χ4v) is 0.959. The molecule has 2 N–H and O–H groups in total. The van der Waals surface area contributed by atoms with Crippen LogP contribution in [0.2, 0.25) is 0 Å². The molecule has 0 saturated heterocycles. The molecule has 0 unspecified atom stereocenters. The van der Waals surface area contributed by atoms with E-state index in [9.17, 15) is 0 Å². The van der Waals surface area contributed by atoms with Gasteiger partial charge in [-0.1, -0.05) is 26.5 Å². The maximum atomic E-state index is 5.28. The molecule has 0 bridgehead atoms. The number of rotatable bonds is 4. The number of nitrogens with two attached hydrogens (primary N) is 1. The average molecular weight is 178 g/mol. The van der Waals surface area contributed by atoms with Gasteiger partial charge in [0.1, 0.15) is 0 Å². The van der Waals surface area contributed by atoms with E-state index in [1.54, 1.807) is 12.3 Å². The number of hydrogen-bond donors (Lipinski definition) is 1. The van der Waals surface area contributed by atoms with Gasteiger partial charge in [0.05, 0.1) is 0 Å². The lowest BCUT2D eigenvalue weighted by atomic mass is 10.0. The smallest absolute Gasteiger partial charge is 0.0495 e. The highest BCUT2D eigenvalue weighted by Crippen LogP contribution is 2.08. The van der Waals surface area contributed by atoms with Crippen LogP contribution < -0.4 is 5.73 Å². The highest BCUT2D eigenvalue weighted by molar-refractivity contribution is 6.03. The van der Waals surface area contributed by atoms with Gasteiger partial charge in [0.25, 0.3) is 0 Å². The molecule has 0 amide bonds. The fraction of sp³-hybridized carbons (Fsp3) is 0.364. The SMILES string of the molecule is C=C(/C=C\N)C(=N/C=C\C)C(C)C. The van der Waals surface area contributed by atoms with E-state index in [4.69, 9.17) is 5.73 Å². The molecule has 0 aromatic carbocycles. The molecule has 0 atom stereocenters. The second kappa shape index (κ2) is 6.23. The van der Waals surface area contributed by atoms with Crippen molar-refractivity contribution in [2.75, 3.05) is 0 Å². The molecule has 0 aromatic rings. The molecule has 0 radical (unpaired) electrons. The molecule has 0 spiro atoms. The molecule has 0 rings (SSSR count). The van der Waals surface area contributed by atoms with Crippen molar-refractivity contribution in [3.05, 3.63) is 36.7 Å². The van der Waals surface area contributed by atoms with Crippen LogP contribution in [0.25, 0.3) is 0 Å². The molecule has 72 valence electrons. The zero-order valence-electron chi connectivity index (χ0n) is 8.62. The highest BCUT2D eigenvalue weighted by Gasteiger charge is 2.05. The summed E-state index contributed by atoms with van der Waals surface area (Å²) in [7, 11) is 0. The van der Waals surface area contributed by atoms with Crippen LogP contribution in [0.1, 0.15) is 20.8 Å². The fourth-order valence-electron chi connectivity index (χ4n) is 0.959. The van der Waals surface area contributed by atoms with Crippen LogP contribution in [0.3, 0.4) is 0 Å². The van der Waals surface area contributed by atoms with E-state index >= 15 is 0 Å². The molecule has 0 aliphatic heterocycles. The van der Waals surface area contributed by atoms with E-state index in [1.165, 1.54) is 6.20 Å². The Kier molecular flexibility index (Phi) is 5.60. The van der Waals surface area contributed by atoms with E-state index < -0.39 is 0 Å². The summed E-state index contributed by atoms with van der Waals surface area (Å²) in [6, 6.07) is 0. The first kappa shape index (κ1) is 11.7. The Morgan fingerprint density at radius 3 is 2.46 bits per heavy atom. The van der Waals surface area contributed by atoms with Crippen LogP contribution in [-0.2, 0) is 0 Å². The Morgan fingerprint density at radius 2 is 2.08 bits per heavy atom. The third kappa shape index (κ3) is 4.31. The molecule has 13 heavy (non-hydrogen) atoms. The van der Waals surface area contributed by atoms with Gasteiger partial charge in [-0.25, -0.2) is 0 Å². The van der Waals surface area contributed by atoms with E-state index in [2.05, 4.69) is 25.4 Å². The van der Waals surface area contributed by atoms with Crippen LogP contribution in [-0.4, -0.2) is 5.71 Å². The Labute approximate surface area is 80.6 Å². The molecule has 2 heteroatoms. The number of aliphatic imine (C=N–C) groups is 1. The monoisotopic (exact) mass is 178 g/mol. The largest absolute Gasteiger partial charge is 0.405 e. The van der Waals surface area contributed by atoms with Crippen molar-refractivity contribution in [2.45, 2.75) is 20.8 Å². The van der Waals surface area contributed by atoms with Crippen molar-refractivity contribution >= 4 is 5.71 Å². The quantitative estimate of drug-likeness (QED) is 0.521. The lowest BCUT2D eigenvalue weighted by Gasteiger charge is -2.08. The Hall–Kier alpha value is -1.31. The standard InChI is InChI=1S/C11H18N2/c1-5-8-13-11(9(2)3)10(4)6-7-12/h5-9H,4,12H2,1-3H3/b7-6-,8-5-,13-11?. The van der Waals surface area contributed by atoms with E-state index in [-0.39, 0.29) is 0 Å². The van der Waals surface area contributed by atoms with Crippen LogP contribution in [0.5, 0.6) is 0 Å². The Balaban J connectivity index is 4.71. The average Bonchev–Trinajstić information content (AvgIpc) is 2.05. The maximum absolute atomic E-state index is 5.28. The first-order chi connectivity index (χ1) is 6.13. The topological polar surface area (TPSA) is 38.4 Å². The molecule has 0 aliphatic carbocycles. The minimum absolute atomic E-state index is 0.361. The summed E-state index contributed by atoms with van der Waals surface area (Å²) < 4.78 is 0. The second-order valence-electron chi connectivity index (χ2n) is 3.04. The van der Waals surface area contributed by atoms with Gasteiger partial charge in [-0.15, -0.1) is 0 Å². The van der Waals surface area contributed by atoms with Crippen molar-refractivity contribution in [3.63, 3.8) is 0 Å². The minimum atomic E-state index is 0.361. The summed E-state index contributed by atoms with van der Waals surface area (Å²) in [4.78, 5) is 4.29. The van der Waals surface area contributed by atoms with Crippen molar-refractivity contribution in [1.82, 2.24) is 0 Å². The lowest BCUT2D eigenvalue weighted by Crippen LogP contribution is -2.08. The molecule has 0 aromatic heterocycles. The highest BCUT2D eigenvalue weighted by atomic mass is 14.7. The second-order valence-corrected chi connectivity index (χ2v) is 3.04. The van der Waals surface area contributed by atoms with Crippen LogP contribution in [0.4, 0.5) is 0 Å². The molecule has 0 aliphatic rings. The van der Waals surface area contributed by atoms with Gasteiger partial charge >= 0.3 is 0 Å². The van der Waals surface area contributed by atoms with Crippen molar-refractivity contribution < 1.29 is 0 Å². The van der Waals surface area contributed by atoms with Gasteiger partial charge in [-0.3, -0.25) is 4.99 Å². The number of nitrogens with zero attached hydrogens (tertiary/aromatic N) is 1. The third-order valence-electron chi connectivity index (χ3n) is 1.54. The van der Waals surface area contributed by atoms with Crippen LogP contribution in [0, 0.1) is 5.92 Å². The Bertz CT molecular complexity index is 245. The van der Waals surface area contributed by atoms with Gasteiger partial charge in [-0.2, -0.15) is 0 Å². The third-order valence-corrected chi connectivity index (χ3v) is 1.54. The Morgan fingerprint density at radius 1 is 1.46 bits per heavy atom. The molecule has 0 heterocycles. The van der Waals surface area contributed by atoms with Crippen molar-refractivity contribution in [1.29, 1.82) is 0 Å². The molecule has 0 saturated carbocycles. The van der Waals surface area contributed by atoms with Gasteiger partial charge in [0.2, 0.25) is 0 Å². The van der Waals surface area contributed by atoms with E-state index in [1.807, 2.05) is 13.0 Å². The summed E-state index contributed by atoms with van der Waals surface area (Å²) >= 11 is 0. The first-order valence-electron chi connectivity index (χ1n) is 4.39. The summed E-state index contributed by atoms with van der Waals surface area (Å²) in [6.07, 6.45) is 6.91. The number of hydrogen-bond acceptors (Lipinski definition) is 2. The molecule has 2 nitrogen and oxygen atoms in total. The normalized spacial score (nSPS) is 13.4. The van der Waals surface area contributed by atoms with Gasteiger partial charge in [-0.05, 0) is 30.7 Å². The lowest BCUT2D eigenvalue weighted by molar-refractivity contribution is 0.885. The van der Waals surface area contributed by atoms with Crippen LogP contribution in [0.15, 0.2) is 41.7 Å². The number of allylic oxidation sites excluding steroid dienone is 3. The zero-order chi connectivity index (χ0) is 10.3. The minimum Gasteiger partial charge on any atom is -0.405 e. The van der Waals surface area contributed by atoms with E-state index in [0.29, 0.717) is 5.92 Å². The summed E-state index contributed by atoms with van der Waals surface area (Å²) in [6.45, 7) is 9.98. The van der Waals surface area contributed by atoms with Crippen molar-refractivity contribution in [3.8, 4) is 0 Å². The van der Waals surface area contributed by atoms with Gasteiger partial charge in [0, 0.05) is 11.9 Å².